The average molecular weight is 277 g/mol. The molecule has 2 rings (SSSR count). The molecule has 98 valence electrons. The Kier molecular flexibility index (Phi) is 3.72. The van der Waals surface area contributed by atoms with Crippen molar-refractivity contribution in [3.8, 4) is 6.07 Å². The smallest absolute Gasteiger partial charge is 0.219 e. The number of amides is 1. The highest BCUT2D eigenvalue weighted by molar-refractivity contribution is 6.16. The summed E-state index contributed by atoms with van der Waals surface area (Å²) < 4.78 is 1.87. The molecule has 6 heteroatoms. The van der Waals surface area contributed by atoms with Crippen molar-refractivity contribution in [1.82, 2.24) is 9.55 Å². The maximum absolute atomic E-state index is 11.1. The second-order valence-corrected chi connectivity index (χ2v) is 4.60. The standard InChI is InChI=1S/C13H13ClN4O/c1-8(5-11(16)19)18-10-4-2-3-9(7-15)13(10)17-12(18)6-14/h2-4,8H,5-6H2,1H3,(H2,16,19). The summed E-state index contributed by atoms with van der Waals surface area (Å²) in [6.07, 6.45) is 0.201. The summed E-state index contributed by atoms with van der Waals surface area (Å²) in [6.45, 7) is 1.88. The minimum atomic E-state index is -0.383. The van der Waals surface area contributed by atoms with Crippen LogP contribution < -0.4 is 5.73 Å². The third-order valence-electron chi connectivity index (χ3n) is 2.97. The maximum Gasteiger partial charge on any atom is 0.219 e. The van der Waals surface area contributed by atoms with E-state index in [0.717, 1.165) is 5.52 Å². The Morgan fingerprint density at radius 2 is 2.37 bits per heavy atom. The van der Waals surface area contributed by atoms with Crippen LogP contribution >= 0.6 is 11.6 Å². The molecule has 2 N–H and O–H groups in total. The van der Waals surface area contributed by atoms with E-state index in [9.17, 15) is 4.79 Å². The van der Waals surface area contributed by atoms with Crippen LogP contribution in [0.5, 0.6) is 0 Å². The first-order chi connectivity index (χ1) is 9.08. The van der Waals surface area contributed by atoms with Crippen molar-refractivity contribution in [2.75, 3.05) is 0 Å². The van der Waals surface area contributed by atoms with Gasteiger partial charge in [0, 0.05) is 12.5 Å². The molecule has 0 aliphatic carbocycles. The number of carbonyl (C=O) groups is 1. The van der Waals surface area contributed by atoms with Gasteiger partial charge in [0.15, 0.2) is 0 Å². The number of para-hydroxylation sites is 1. The zero-order valence-corrected chi connectivity index (χ0v) is 11.2. The van der Waals surface area contributed by atoms with E-state index >= 15 is 0 Å². The fourth-order valence-corrected chi connectivity index (χ4v) is 2.41. The Bertz CT molecular complexity index is 671. The SMILES string of the molecule is CC(CC(N)=O)n1c(CCl)nc2c(C#N)cccc21. The third kappa shape index (κ3) is 2.40. The van der Waals surface area contributed by atoms with Crippen molar-refractivity contribution >= 4 is 28.5 Å². The minimum absolute atomic E-state index is 0.148. The van der Waals surface area contributed by atoms with Gasteiger partial charge in [-0.2, -0.15) is 5.26 Å². The summed E-state index contributed by atoms with van der Waals surface area (Å²) in [6, 6.07) is 7.30. The lowest BCUT2D eigenvalue weighted by atomic mass is 10.1. The Hall–Kier alpha value is -2.06. The zero-order valence-electron chi connectivity index (χ0n) is 10.4. The Labute approximate surface area is 115 Å². The van der Waals surface area contributed by atoms with Crippen molar-refractivity contribution < 1.29 is 4.79 Å². The quantitative estimate of drug-likeness (QED) is 0.868. The van der Waals surface area contributed by atoms with Crippen LogP contribution in [-0.4, -0.2) is 15.5 Å². The number of imidazole rings is 1. The van der Waals surface area contributed by atoms with Gasteiger partial charge < -0.3 is 10.3 Å². The van der Waals surface area contributed by atoms with Crippen LogP contribution in [0.15, 0.2) is 18.2 Å². The maximum atomic E-state index is 11.1. The fourth-order valence-electron chi connectivity index (χ4n) is 2.22. The van der Waals surface area contributed by atoms with Crippen LogP contribution in [-0.2, 0) is 10.7 Å². The number of hydrogen-bond acceptors (Lipinski definition) is 3. The Morgan fingerprint density at radius 3 is 2.95 bits per heavy atom. The number of carbonyl (C=O) groups excluding carboxylic acids is 1. The molecule has 1 aromatic carbocycles. The summed E-state index contributed by atoms with van der Waals surface area (Å²) in [5.41, 5.74) is 7.13. The number of hydrogen-bond donors (Lipinski definition) is 1. The predicted molar refractivity (Wildman–Crippen MR) is 72.5 cm³/mol. The zero-order chi connectivity index (χ0) is 14.0. The number of fused-ring (bicyclic) bond motifs is 1. The number of benzene rings is 1. The highest BCUT2D eigenvalue weighted by Crippen LogP contribution is 2.26. The number of nitrogens with zero attached hydrogens (tertiary/aromatic N) is 3. The van der Waals surface area contributed by atoms with E-state index in [4.69, 9.17) is 22.6 Å². The number of halogens is 1. The molecule has 1 aromatic heterocycles. The molecule has 0 bridgehead atoms. The van der Waals surface area contributed by atoms with Crippen molar-refractivity contribution in [2.24, 2.45) is 5.73 Å². The van der Waals surface area contributed by atoms with Gasteiger partial charge in [-0.05, 0) is 19.1 Å². The van der Waals surface area contributed by atoms with Gasteiger partial charge in [0.05, 0.1) is 17.0 Å². The number of nitriles is 1. The summed E-state index contributed by atoms with van der Waals surface area (Å²) in [5.74, 6) is 0.460. The molecule has 19 heavy (non-hydrogen) atoms. The molecule has 1 unspecified atom stereocenters. The van der Waals surface area contributed by atoms with Gasteiger partial charge in [0.1, 0.15) is 17.4 Å². The topological polar surface area (TPSA) is 84.7 Å². The van der Waals surface area contributed by atoms with Crippen molar-refractivity contribution in [3.05, 3.63) is 29.6 Å². The lowest BCUT2D eigenvalue weighted by Crippen LogP contribution is -2.18. The lowest BCUT2D eigenvalue weighted by molar-refractivity contribution is -0.118. The number of alkyl halides is 1. The van der Waals surface area contributed by atoms with E-state index in [1.165, 1.54) is 0 Å². The van der Waals surface area contributed by atoms with Crippen molar-refractivity contribution in [2.45, 2.75) is 25.3 Å². The highest BCUT2D eigenvalue weighted by Gasteiger charge is 2.18. The van der Waals surface area contributed by atoms with Crippen LogP contribution in [0.25, 0.3) is 11.0 Å². The molecule has 0 aliphatic rings. The molecule has 0 fully saturated rings. The van der Waals surface area contributed by atoms with Crippen LogP contribution in [0.1, 0.15) is 30.8 Å². The summed E-state index contributed by atoms with van der Waals surface area (Å²) in [7, 11) is 0. The van der Waals surface area contributed by atoms with Gasteiger partial charge in [-0.1, -0.05) is 6.07 Å². The van der Waals surface area contributed by atoms with Gasteiger partial charge >= 0.3 is 0 Å². The number of primary amides is 1. The van der Waals surface area contributed by atoms with E-state index in [-0.39, 0.29) is 24.2 Å². The lowest BCUT2D eigenvalue weighted by Gasteiger charge is -2.15. The van der Waals surface area contributed by atoms with Gasteiger partial charge in [0.2, 0.25) is 5.91 Å². The molecule has 1 heterocycles. The highest BCUT2D eigenvalue weighted by atomic mass is 35.5. The molecule has 0 saturated heterocycles. The largest absolute Gasteiger partial charge is 0.370 e. The second kappa shape index (κ2) is 5.29. The number of nitrogens with two attached hydrogens (primary N) is 1. The van der Waals surface area contributed by atoms with Gasteiger partial charge in [-0.25, -0.2) is 4.98 Å². The van der Waals surface area contributed by atoms with Gasteiger partial charge in [-0.15, -0.1) is 11.6 Å². The molecular weight excluding hydrogens is 264 g/mol. The molecule has 0 spiro atoms. The van der Waals surface area contributed by atoms with Crippen LogP contribution in [0.2, 0.25) is 0 Å². The normalized spacial score (nSPS) is 12.3. The van der Waals surface area contributed by atoms with E-state index < -0.39 is 0 Å². The van der Waals surface area contributed by atoms with Gasteiger partial charge in [-0.3, -0.25) is 4.79 Å². The van der Waals surface area contributed by atoms with E-state index in [1.807, 2.05) is 17.6 Å². The summed E-state index contributed by atoms with van der Waals surface area (Å²) in [4.78, 5) is 15.5. The molecular formula is C13H13ClN4O. The monoisotopic (exact) mass is 276 g/mol. The van der Waals surface area contributed by atoms with Crippen LogP contribution in [0.3, 0.4) is 0 Å². The number of aromatic nitrogens is 2. The van der Waals surface area contributed by atoms with Crippen molar-refractivity contribution in [3.63, 3.8) is 0 Å². The predicted octanol–water partition coefficient (Wildman–Crippen LogP) is 2.08. The second-order valence-electron chi connectivity index (χ2n) is 4.34. The van der Waals surface area contributed by atoms with E-state index in [0.29, 0.717) is 16.9 Å². The molecule has 0 radical (unpaired) electrons. The average Bonchev–Trinajstić information content (AvgIpc) is 2.75. The molecule has 1 amide bonds. The third-order valence-corrected chi connectivity index (χ3v) is 3.21. The molecule has 2 aromatic rings. The Balaban J connectivity index is 2.65. The van der Waals surface area contributed by atoms with Crippen LogP contribution in [0, 0.1) is 11.3 Å². The molecule has 1 atom stereocenters. The van der Waals surface area contributed by atoms with E-state index in [2.05, 4.69) is 11.1 Å². The van der Waals surface area contributed by atoms with Gasteiger partial charge in [0.25, 0.3) is 0 Å². The van der Waals surface area contributed by atoms with Crippen LogP contribution in [0.4, 0.5) is 0 Å². The fraction of sp³-hybridized carbons (Fsp3) is 0.308. The van der Waals surface area contributed by atoms with Crippen molar-refractivity contribution in [1.29, 1.82) is 5.26 Å². The Morgan fingerprint density at radius 1 is 1.63 bits per heavy atom. The first kappa shape index (κ1) is 13.4. The molecule has 5 nitrogen and oxygen atoms in total. The van der Waals surface area contributed by atoms with E-state index in [1.54, 1.807) is 12.1 Å². The first-order valence-corrected chi connectivity index (χ1v) is 6.36. The minimum Gasteiger partial charge on any atom is -0.370 e. The molecule has 0 aliphatic heterocycles. The molecule has 0 saturated carbocycles. The summed E-state index contributed by atoms with van der Waals surface area (Å²) in [5, 5.41) is 9.09. The summed E-state index contributed by atoms with van der Waals surface area (Å²) >= 11 is 5.90. The number of rotatable bonds is 4. The first-order valence-electron chi connectivity index (χ1n) is 5.82.